The standard InChI is InChI=1S/C19H15Cl2NO2/c1-11(2)24-14-5-3-4-12(8-14)18-10-16(19(21)23)15-9-13(20)6-7-17(15)22-18/h3-11H,1-2H3. The van der Waals surface area contributed by atoms with Crippen molar-refractivity contribution in [3.63, 3.8) is 0 Å². The van der Waals surface area contributed by atoms with Gasteiger partial charge in [0.2, 0.25) is 0 Å². The molecule has 0 N–H and O–H groups in total. The van der Waals surface area contributed by atoms with Crippen LogP contribution in [0.1, 0.15) is 24.2 Å². The Kier molecular flexibility index (Phi) is 4.74. The summed E-state index contributed by atoms with van der Waals surface area (Å²) in [5, 5.41) is 0.630. The smallest absolute Gasteiger partial charge is 0.253 e. The van der Waals surface area contributed by atoms with E-state index in [1.165, 1.54) is 0 Å². The highest BCUT2D eigenvalue weighted by Crippen LogP contribution is 2.29. The molecule has 3 nitrogen and oxygen atoms in total. The Morgan fingerprint density at radius 3 is 2.62 bits per heavy atom. The average molecular weight is 360 g/mol. The zero-order valence-corrected chi connectivity index (χ0v) is 14.7. The predicted octanol–water partition coefficient (Wildman–Crippen LogP) is 5.72. The van der Waals surface area contributed by atoms with Gasteiger partial charge in [0.1, 0.15) is 5.75 Å². The molecule has 0 aliphatic carbocycles. The molecule has 0 bridgehead atoms. The quantitative estimate of drug-likeness (QED) is 0.559. The van der Waals surface area contributed by atoms with Gasteiger partial charge in [0, 0.05) is 21.5 Å². The van der Waals surface area contributed by atoms with Gasteiger partial charge in [-0.25, -0.2) is 4.98 Å². The molecule has 0 radical (unpaired) electrons. The van der Waals surface area contributed by atoms with Crippen LogP contribution in [-0.2, 0) is 0 Å². The summed E-state index contributed by atoms with van der Waals surface area (Å²) in [5.41, 5.74) is 2.55. The number of halogens is 2. The number of ether oxygens (including phenoxy) is 1. The van der Waals surface area contributed by atoms with Crippen LogP contribution in [0.25, 0.3) is 22.2 Å². The zero-order valence-electron chi connectivity index (χ0n) is 13.2. The molecular weight excluding hydrogens is 345 g/mol. The lowest BCUT2D eigenvalue weighted by molar-refractivity contribution is 0.108. The summed E-state index contributed by atoms with van der Waals surface area (Å²) < 4.78 is 5.72. The van der Waals surface area contributed by atoms with Crippen molar-refractivity contribution < 1.29 is 9.53 Å². The fourth-order valence-corrected chi connectivity index (χ4v) is 2.84. The highest BCUT2D eigenvalue weighted by atomic mass is 35.5. The third-order valence-corrected chi connectivity index (χ3v) is 3.92. The predicted molar refractivity (Wildman–Crippen MR) is 98.1 cm³/mol. The van der Waals surface area contributed by atoms with Crippen molar-refractivity contribution in [1.82, 2.24) is 4.98 Å². The molecule has 0 saturated carbocycles. The summed E-state index contributed by atoms with van der Waals surface area (Å²) in [6, 6.07) is 14.5. The van der Waals surface area contributed by atoms with Crippen molar-refractivity contribution in [2.24, 2.45) is 0 Å². The number of benzene rings is 2. The fourth-order valence-electron chi connectivity index (χ4n) is 2.51. The van der Waals surface area contributed by atoms with Gasteiger partial charge in [0.15, 0.2) is 0 Å². The first-order valence-corrected chi connectivity index (χ1v) is 8.27. The Bertz CT molecular complexity index is 922. The monoisotopic (exact) mass is 359 g/mol. The number of aromatic nitrogens is 1. The van der Waals surface area contributed by atoms with Crippen LogP contribution in [0.5, 0.6) is 5.75 Å². The molecule has 0 unspecified atom stereocenters. The highest BCUT2D eigenvalue weighted by Gasteiger charge is 2.13. The van der Waals surface area contributed by atoms with E-state index < -0.39 is 5.24 Å². The molecule has 3 aromatic rings. The molecule has 0 spiro atoms. The minimum atomic E-state index is -0.541. The summed E-state index contributed by atoms with van der Waals surface area (Å²) in [4.78, 5) is 16.5. The third kappa shape index (κ3) is 3.53. The molecule has 0 aliphatic rings. The second-order valence-electron chi connectivity index (χ2n) is 5.68. The first-order chi connectivity index (χ1) is 11.4. The lowest BCUT2D eigenvalue weighted by atomic mass is 10.0. The van der Waals surface area contributed by atoms with Gasteiger partial charge in [-0.05, 0) is 61.8 Å². The first kappa shape index (κ1) is 16.7. The maximum atomic E-state index is 11.8. The second-order valence-corrected chi connectivity index (χ2v) is 6.46. The Morgan fingerprint density at radius 2 is 1.92 bits per heavy atom. The number of rotatable bonds is 4. The van der Waals surface area contributed by atoms with E-state index in [1.807, 2.05) is 38.1 Å². The van der Waals surface area contributed by atoms with E-state index in [2.05, 4.69) is 4.98 Å². The van der Waals surface area contributed by atoms with Crippen LogP contribution in [-0.4, -0.2) is 16.3 Å². The Labute approximate surface area is 150 Å². The summed E-state index contributed by atoms with van der Waals surface area (Å²) in [7, 11) is 0. The molecule has 1 aromatic heterocycles. The lowest BCUT2D eigenvalue weighted by Crippen LogP contribution is -2.05. The van der Waals surface area contributed by atoms with Gasteiger partial charge in [-0.1, -0.05) is 23.7 Å². The number of carbonyl (C=O) groups excluding carboxylic acids is 1. The van der Waals surface area contributed by atoms with Gasteiger partial charge in [-0.3, -0.25) is 4.79 Å². The van der Waals surface area contributed by atoms with Gasteiger partial charge < -0.3 is 4.74 Å². The van der Waals surface area contributed by atoms with Crippen LogP contribution < -0.4 is 4.74 Å². The minimum Gasteiger partial charge on any atom is -0.491 e. The molecule has 0 fully saturated rings. The molecule has 122 valence electrons. The Balaban J connectivity index is 2.17. The Morgan fingerprint density at radius 1 is 1.12 bits per heavy atom. The average Bonchev–Trinajstić information content (AvgIpc) is 2.53. The molecule has 0 amide bonds. The lowest BCUT2D eigenvalue weighted by Gasteiger charge is -2.12. The molecule has 24 heavy (non-hydrogen) atoms. The SMILES string of the molecule is CC(C)Oc1cccc(-c2cc(C(=O)Cl)c3cc(Cl)ccc3n2)c1. The van der Waals surface area contributed by atoms with Crippen LogP contribution in [0, 0.1) is 0 Å². The Hall–Kier alpha value is -2.10. The number of carbonyl (C=O) groups is 1. The molecule has 2 aromatic carbocycles. The van der Waals surface area contributed by atoms with Crippen LogP contribution in [0.3, 0.4) is 0 Å². The van der Waals surface area contributed by atoms with E-state index in [4.69, 9.17) is 27.9 Å². The number of fused-ring (bicyclic) bond motifs is 1. The normalized spacial score (nSPS) is 11.0. The first-order valence-electron chi connectivity index (χ1n) is 7.51. The largest absolute Gasteiger partial charge is 0.491 e. The summed E-state index contributed by atoms with van der Waals surface area (Å²) >= 11 is 11.8. The maximum absolute atomic E-state index is 11.8. The molecule has 0 aliphatic heterocycles. The van der Waals surface area contributed by atoms with E-state index in [0.29, 0.717) is 27.2 Å². The zero-order chi connectivity index (χ0) is 17.3. The van der Waals surface area contributed by atoms with Crippen LogP contribution in [0.15, 0.2) is 48.5 Å². The van der Waals surface area contributed by atoms with E-state index in [0.717, 1.165) is 11.3 Å². The second kappa shape index (κ2) is 6.80. The minimum absolute atomic E-state index is 0.0759. The molecule has 1 heterocycles. The summed E-state index contributed by atoms with van der Waals surface area (Å²) in [5.74, 6) is 0.749. The van der Waals surface area contributed by atoms with E-state index in [1.54, 1.807) is 24.3 Å². The molecule has 3 rings (SSSR count). The summed E-state index contributed by atoms with van der Waals surface area (Å²) in [6.45, 7) is 3.93. The molecular formula is C19H15Cl2NO2. The van der Waals surface area contributed by atoms with Crippen LogP contribution in [0.2, 0.25) is 5.02 Å². The van der Waals surface area contributed by atoms with Gasteiger partial charge >= 0.3 is 0 Å². The molecule has 0 atom stereocenters. The number of pyridine rings is 1. The van der Waals surface area contributed by atoms with Crippen molar-refractivity contribution in [2.75, 3.05) is 0 Å². The highest BCUT2D eigenvalue weighted by molar-refractivity contribution is 6.68. The number of hydrogen-bond donors (Lipinski definition) is 0. The van der Waals surface area contributed by atoms with Crippen molar-refractivity contribution in [1.29, 1.82) is 0 Å². The topological polar surface area (TPSA) is 39.2 Å². The molecule has 5 heteroatoms. The van der Waals surface area contributed by atoms with Gasteiger partial charge in [0.25, 0.3) is 5.24 Å². The van der Waals surface area contributed by atoms with E-state index in [9.17, 15) is 4.79 Å². The van der Waals surface area contributed by atoms with Crippen molar-refractivity contribution in [3.8, 4) is 17.0 Å². The van der Waals surface area contributed by atoms with Crippen molar-refractivity contribution >= 4 is 39.3 Å². The van der Waals surface area contributed by atoms with Crippen molar-refractivity contribution in [2.45, 2.75) is 20.0 Å². The number of hydrogen-bond acceptors (Lipinski definition) is 3. The van der Waals surface area contributed by atoms with Crippen LogP contribution >= 0.6 is 23.2 Å². The number of nitrogens with zero attached hydrogens (tertiary/aromatic N) is 1. The third-order valence-electron chi connectivity index (χ3n) is 3.48. The van der Waals surface area contributed by atoms with Gasteiger partial charge in [-0.2, -0.15) is 0 Å². The fraction of sp³-hybridized carbons (Fsp3) is 0.158. The molecule has 0 saturated heterocycles. The maximum Gasteiger partial charge on any atom is 0.253 e. The van der Waals surface area contributed by atoms with Crippen molar-refractivity contribution in [3.05, 3.63) is 59.1 Å². The van der Waals surface area contributed by atoms with Gasteiger partial charge in [0.05, 0.1) is 17.3 Å². The van der Waals surface area contributed by atoms with E-state index in [-0.39, 0.29) is 6.10 Å². The van der Waals surface area contributed by atoms with Gasteiger partial charge in [-0.15, -0.1) is 0 Å². The van der Waals surface area contributed by atoms with E-state index >= 15 is 0 Å². The summed E-state index contributed by atoms with van der Waals surface area (Å²) in [6.07, 6.45) is 0.0759. The van der Waals surface area contributed by atoms with Crippen LogP contribution in [0.4, 0.5) is 0 Å².